The van der Waals surface area contributed by atoms with Gasteiger partial charge in [-0.3, -0.25) is 4.79 Å². The Morgan fingerprint density at radius 3 is 2.31 bits per heavy atom. The first-order valence-corrected chi connectivity index (χ1v) is 9.60. The summed E-state index contributed by atoms with van der Waals surface area (Å²) >= 11 is 1.48. The number of rotatable bonds is 4. The molecule has 1 aliphatic rings. The van der Waals surface area contributed by atoms with Crippen molar-refractivity contribution < 1.29 is 4.79 Å². The monoisotopic (exact) mass is 394 g/mol. The van der Waals surface area contributed by atoms with Crippen molar-refractivity contribution in [2.24, 2.45) is 4.99 Å². The fraction of sp³-hybridized carbons (Fsp3) is 0.474. The Hall–Kier alpha value is -1.63. The zero-order chi connectivity index (χ0) is 18.0. The molecule has 2 heterocycles. The lowest BCUT2D eigenvalue weighted by molar-refractivity contribution is 0.102. The van der Waals surface area contributed by atoms with Crippen LogP contribution in [0.5, 0.6) is 0 Å². The summed E-state index contributed by atoms with van der Waals surface area (Å²) in [6.07, 6.45) is 0. The Kier molecular flexibility index (Phi) is 7.03. The zero-order valence-electron chi connectivity index (χ0n) is 15.9. The number of benzene rings is 1. The van der Waals surface area contributed by atoms with E-state index in [0.29, 0.717) is 0 Å². The molecule has 7 heteroatoms. The average molecular weight is 395 g/mol. The van der Waals surface area contributed by atoms with Crippen molar-refractivity contribution >= 4 is 40.9 Å². The van der Waals surface area contributed by atoms with Crippen molar-refractivity contribution in [1.82, 2.24) is 9.47 Å². The molecule has 142 valence electrons. The van der Waals surface area contributed by atoms with Crippen molar-refractivity contribution in [3.05, 3.63) is 39.6 Å². The van der Waals surface area contributed by atoms with Crippen molar-refractivity contribution in [3.8, 4) is 0 Å². The highest BCUT2D eigenvalue weighted by atomic mass is 35.5. The van der Waals surface area contributed by atoms with E-state index in [4.69, 9.17) is 4.99 Å². The van der Waals surface area contributed by atoms with Gasteiger partial charge in [0.25, 0.3) is 0 Å². The normalized spacial score (nSPS) is 15.8. The summed E-state index contributed by atoms with van der Waals surface area (Å²) < 4.78 is 2.11. The summed E-state index contributed by atoms with van der Waals surface area (Å²) in [7, 11) is 2.17. The number of carbonyl (C=O) groups is 1. The van der Waals surface area contributed by atoms with Crippen LogP contribution in [-0.2, 0) is 6.54 Å². The third-order valence-electron chi connectivity index (χ3n) is 4.74. The van der Waals surface area contributed by atoms with E-state index in [2.05, 4.69) is 52.6 Å². The van der Waals surface area contributed by atoms with Gasteiger partial charge in [-0.05, 0) is 45.2 Å². The highest BCUT2D eigenvalue weighted by Gasteiger charge is 2.14. The number of hydrogen-bond donors (Lipinski definition) is 0. The van der Waals surface area contributed by atoms with Crippen LogP contribution in [0.1, 0.15) is 29.2 Å². The number of piperazine rings is 1. The maximum Gasteiger partial charge on any atom is 0.190 e. The molecule has 0 bridgehead atoms. The molecule has 0 unspecified atom stereocenters. The van der Waals surface area contributed by atoms with Gasteiger partial charge in [-0.15, -0.1) is 12.4 Å². The summed E-state index contributed by atoms with van der Waals surface area (Å²) in [6.45, 7) is 10.8. The molecule has 0 saturated carbocycles. The van der Waals surface area contributed by atoms with E-state index in [0.717, 1.165) is 53.8 Å². The van der Waals surface area contributed by atoms with Gasteiger partial charge < -0.3 is 14.4 Å². The van der Waals surface area contributed by atoms with Gasteiger partial charge >= 0.3 is 0 Å². The molecular weight excluding hydrogens is 368 g/mol. The Balaban J connectivity index is 0.00000243. The molecule has 1 aromatic heterocycles. The molecule has 0 spiro atoms. The van der Waals surface area contributed by atoms with Gasteiger partial charge in [0.05, 0.1) is 10.6 Å². The Morgan fingerprint density at radius 1 is 1.15 bits per heavy atom. The molecule has 5 nitrogen and oxygen atoms in total. The molecule has 0 radical (unpaired) electrons. The molecule has 26 heavy (non-hydrogen) atoms. The van der Waals surface area contributed by atoms with Gasteiger partial charge in [0, 0.05) is 51.0 Å². The standard InChI is InChI=1S/C19H26N4OS.ClH/c1-5-23-14(2)18(15(3)24)25-19(23)20-16-6-8-17(9-7-16)22-12-10-21(4)11-13-22;/h6-9H,5,10-13H2,1-4H3;1H/b20-19-;. The number of halogens is 1. The number of ketones is 1. The third-order valence-corrected chi connectivity index (χ3v) is 6.02. The topological polar surface area (TPSA) is 40.8 Å². The maximum absolute atomic E-state index is 11.8. The van der Waals surface area contributed by atoms with E-state index >= 15 is 0 Å². The SMILES string of the molecule is CCn1c(C)c(C(C)=O)s/c1=N\c1ccc(N2CCN(C)CC2)cc1.Cl. The predicted octanol–water partition coefficient (Wildman–Crippen LogP) is 3.49. The van der Waals surface area contributed by atoms with Crippen LogP contribution >= 0.6 is 23.7 Å². The molecule has 1 aromatic carbocycles. The molecule has 0 aliphatic carbocycles. The number of likely N-dealkylation sites (N-methyl/N-ethyl adjacent to an activating group) is 1. The van der Waals surface area contributed by atoms with Crippen LogP contribution in [0.25, 0.3) is 0 Å². The highest BCUT2D eigenvalue weighted by Crippen LogP contribution is 2.21. The Bertz CT molecular complexity index is 817. The molecule has 1 fully saturated rings. The number of hydrogen-bond acceptors (Lipinski definition) is 5. The molecule has 0 amide bonds. The quantitative estimate of drug-likeness (QED) is 0.745. The predicted molar refractivity (Wildman–Crippen MR) is 111 cm³/mol. The van der Waals surface area contributed by atoms with Gasteiger partial charge in [0.15, 0.2) is 10.6 Å². The second-order valence-corrected chi connectivity index (χ2v) is 7.50. The second kappa shape index (κ2) is 8.84. The molecule has 0 atom stereocenters. The molecule has 2 aromatic rings. The van der Waals surface area contributed by atoms with Crippen molar-refractivity contribution in [2.75, 3.05) is 38.1 Å². The van der Waals surface area contributed by atoms with E-state index in [-0.39, 0.29) is 18.2 Å². The van der Waals surface area contributed by atoms with Crippen molar-refractivity contribution in [3.63, 3.8) is 0 Å². The minimum absolute atomic E-state index is 0. The first kappa shape index (κ1) is 20.7. The van der Waals surface area contributed by atoms with Crippen molar-refractivity contribution in [2.45, 2.75) is 27.3 Å². The lowest BCUT2D eigenvalue weighted by atomic mass is 10.2. The molecule has 1 aliphatic heterocycles. The summed E-state index contributed by atoms with van der Waals surface area (Å²) in [5.74, 6) is 0.108. The fourth-order valence-electron chi connectivity index (χ4n) is 3.18. The number of aromatic nitrogens is 1. The van der Waals surface area contributed by atoms with Crippen LogP contribution in [0.4, 0.5) is 11.4 Å². The fourth-order valence-corrected chi connectivity index (χ4v) is 4.29. The van der Waals surface area contributed by atoms with E-state index in [9.17, 15) is 4.79 Å². The summed E-state index contributed by atoms with van der Waals surface area (Å²) in [5, 5.41) is 0. The van der Waals surface area contributed by atoms with Gasteiger partial charge in [-0.25, -0.2) is 4.99 Å². The van der Waals surface area contributed by atoms with E-state index in [1.807, 2.05) is 6.92 Å². The number of carbonyl (C=O) groups excluding carboxylic acids is 1. The van der Waals surface area contributed by atoms with E-state index < -0.39 is 0 Å². The van der Waals surface area contributed by atoms with Crippen LogP contribution in [0, 0.1) is 6.92 Å². The van der Waals surface area contributed by atoms with Gasteiger partial charge in [-0.2, -0.15) is 0 Å². The van der Waals surface area contributed by atoms with Crippen LogP contribution in [0.2, 0.25) is 0 Å². The Labute approximate surface area is 165 Å². The minimum atomic E-state index is 0. The van der Waals surface area contributed by atoms with Crippen LogP contribution < -0.4 is 9.70 Å². The first-order valence-electron chi connectivity index (χ1n) is 8.79. The van der Waals surface area contributed by atoms with E-state index in [1.54, 1.807) is 6.92 Å². The Morgan fingerprint density at radius 2 is 1.77 bits per heavy atom. The molecular formula is C19H27ClN4OS. The van der Waals surface area contributed by atoms with Crippen LogP contribution in [0.15, 0.2) is 29.3 Å². The lowest BCUT2D eigenvalue weighted by Gasteiger charge is -2.34. The molecule has 1 saturated heterocycles. The van der Waals surface area contributed by atoms with Crippen molar-refractivity contribution in [1.29, 1.82) is 0 Å². The maximum atomic E-state index is 11.8. The summed E-state index contributed by atoms with van der Waals surface area (Å²) in [4.78, 5) is 23.0. The highest BCUT2D eigenvalue weighted by molar-refractivity contribution is 7.11. The number of Topliss-reactive ketones (excluding diaryl/α,β-unsaturated/α-hetero) is 1. The second-order valence-electron chi connectivity index (χ2n) is 6.52. The number of nitrogens with zero attached hydrogens (tertiary/aromatic N) is 4. The van der Waals surface area contributed by atoms with Crippen LogP contribution in [0.3, 0.4) is 0 Å². The smallest absolute Gasteiger partial charge is 0.190 e. The third kappa shape index (κ3) is 4.37. The van der Waals surface area contributed by atoms with Gasteiger partial charge in [-0.1, -0.05) is 11.3 Å². The summed E-state index contributed by atoms with van der Waals surface area (Å²) in [6, 6.07) is 8.42. The largest absolute Gasteiger partial charge is 0.369 e. The molecule has 0 N–H and O–H groups in total. The molecule has 3 rings (SSSR count). The number of thiazole rings is 1. The van der Waals surface area contributed by atoms with Crippen LogP contribution in [-0.4, -0.2) is 48.5 Å². The zero-order valence-corrected chi connectivity index (χ0v) is 17.5. The summed E-state index contributed by atoms with van der Waals surface area (Å²) in [5.41, 5.74) is 3.19. The minimum Gasteiger partial charge on any atom is -0.369 e. The lowest BCUT2D eigenvalue weighted by Crippen LogP contribution is -2.44. The van der Waals surface area contributed by atoms with Gasteiger partial charge in [0.1, 0.15) is 0 Å². The number of anilines is 1. The average Bonchev–Trinajstić information content (AvgIpc) is 2.92. The van der Waals surface area contributed by atoms with Gasteiger partial charge in [0.2, 0.25) is 0 Å². The first-order chi connectivity index (χ1) is 12.0. The van der Waals surface area contributed by atoms with E-state index in [1.165, 1.54) is 17.0 Å².